The Balaban J connectivity index is 2.82. The van der Waals surface area contributed by atoms with E-state index in [4.69, 9.17) is 19.1 Å². The van der Waals surface area contributed by atoms with Gasteiger partial charge in [0.25, 0.3) is 0 Å². The normalized spacial score (nSPS) is 12.0. The second-order valence-electron chi connectivity index (χ2n) is 3.08. The molecule has 0 spiro atoms. The summed E-state index contributed by atoms with van der Waals surface area (Å²) in [6, 6.07) is 0. The first kappa shape index (κ1) is 13.0. The minimum atomic E-state index is -1.11. The van der Waals surface area contributed by atoms with Crippen molar-refractivity contribution in [3.05, 3.63) is 0 Å². The molecule has 0 saturated carbocycles. The summed E-state index contributed by atoms with van der Waals surface area (Å²) in [6.07, 6.45) is 5.25. The van der Waals surface area contributed by atoms with E-state index >= 15 is 0 Å². The van der Waals surface area contributed by atoms with Crippen molar-refractivity contribution in [3.8, 4) is 0 Å². The topological polar surface area (TPSA) is 40.5 Å². The molecule has 0 aliphatic carbocycles. The quantitative estimate of drug-likeness (QED) is 0.404. The van der Waals surface area contributed by atoms with Gasteiger partial charge in [0.2, 0.25) is 0 Å². The van der Waals surface area contributed by atoms with Crippen LogP contribution in [0.4, 0.5) is 0 Å². The van der Waals surface area contributed by atoms with Gasteiger partial charge in [0.1, 0.15) is 0 Å². The Morgan fingerprint density at radius 1 is 1.00 bits per heavy atom. The first-order valence-electron chi connectivity index (χ1n) is 4.69. The molecule has 0 aliphatic rings. The fraction of sp³-hybridized carbons (Fsp3) is 1.00. The van der Waals surface area contributed by atoms with Crippen LogP contribution in [0.1, 0.15) is 38.5 Å². The Bertz CT molecular complexity index is 91.1. The molecule has 0 fully saturated rings. The van der Waals surface area contributed by atoms with Crippen LogP contribution in [0, 0.1) is 0 Å². The van der Waals surface area contributed by atoms with Crippen molar-refractivity contribution in [2.45, 2.75) is 49.3 Å². The molecule has 0 bridgehead atoms. The molecule has 2 nitrogen and oxygen atoms in total. The third-order valence-electron chi connectivity index (χ3n) is 1.85. The number of hydrogen-bond donors (Lipinski definition) is 2. The Kier molecular flexibility index (Phi) is 10.9. The van der Waals surface area contributed by atoms with Crippen LogP contribution in [-0.2, 0) is 0 Å². The minimum absolute atomic E-state index is 0.523. The maximum atomic E-state index is 8.54. The van der Waals surface area contributed by atoms with Crippen molar-refractivity contribution in [1.82, 2.24) is 0 Å². The molecule has 74 valence electrons. The second kappa shape index (κ2) is 10.1. The predicted molar refractivity (Wildman–Crippen MR) is 55.1 cm³/mol. The molecule has 0 aromatic heterocycles. The average molecular weight is 301 g/mol. The monoisotopic (exact) mass is 302 g/mol. The number of halogens is 1. The zero-order valence-corrected chi connectivity index (χ0v) is 12.3. The number of hydrogen-bond acceptors (Lipinski definition) is 2. The molecular formula is C8H19ClO2Sn. The molecule has 0 radical (unpaired) electrons. The van der Waals surface area contributed by atoms with Gasteiger partial charge in [-0.25, -0.2) is 0 Å². The Labute approximate surface area is 88.2 Å². The van der Waals surface area contributed by atoms with Gasteiger partial charge in [0, 0.05) is 0 Å². The van der Waals surface area contributed by atoms with Crippen molar-refractivity contribution >= 4 is 28.9 Å². The number of aliphatic hydroxyl groups is 2. The summed E-state index contributed by atoms with van der Waals surface area (Å²) >= 11 is -0.761. The zero-order valence-electron chi connectivity index (χ0n) is 7.51. The molecule has 0 aliphatic heterocycles. The van der Waals surface area contributed by atoms with E-state index in [0.717, 1.165) is 12.8 Å². The molecule has 0 rings (SSSR count). The van der Waals surface area contributed by atoms with Crippen LogP contribution in [0.2, 0.25) is 4.44 Å². The van der Waals surface area contributed by atoms with Gasteiger partial charge < -0.3 is 0 Å². The van der Waals surface area contributed by atoms with Gasteiger partial charge in [-0.1, -0.05) is 0 Å². The van der Waals surface area contributed by atoms with Crippen molar-refractivity contribution in [3.63, 3.8) is 0 Å². The van der Waals surface area contributed by atoms with E-state index < -0.39 is 26.3 Å². The number of aliphatic hydroxyl groups excluding tert-OH is 1. The van der Waals surface area contributed by atoms with E-state index in [2.05, 4.69) is 0 Å². The third-order valence-corrected chi connectivity index (χ3v) is 5.83. The molecule has 4 heteroatoms. The van der Waals surface area contributed by atoms with E-state index in [-0.39, 0.29) is 0 Å². The van der Waals surface area contributed by atoms with Crippen molar-refractivity contribution in [2.24, 2.45) is 0 Å². The van der Waals surface area contributed by atoms with Gasteiger partial charge in [0.15, 0.2) is 0 Å². The fourth-order valence-corrected chi connectivity index (χ4v) is 3.94. The molecule has 0 amide bonds. The standard InChI is InChI=1S/C8H17O2.ClH.Sn.2H/c1-2-3-4-5-6-7-8(9)10;;;;/h8-10H,1-7H2;1H;;;/q;;+1;;/p-1. The van der Waals surface area contributed by atoms with Gasteiger partial charge in [-0.2, -0.15) is 0 Å². The molecule has 12 heavy (non-hydrogen) atoms. The first-order chi connectivity index (χ1) is 5.77. The van der Waals surface area contributed by atoms with Crippen molar-refractivity contribution in [1.29, 1.82) is 0 Å². The summed E-state index contributed by atoms with van der Waals surface area (Å²) in [6.45, 7) is 0. The third kappa shape index (κ3) is 11.0. The van der Waals surface area contributed by atoms with E-state index in [0.29, 0.717) is 6.42 Å². The number of rotatable bonds is 8. The summed E-state index contributed by atoms with van der Waals surface area (Å²) in [4.78, 5) is 0. The molecule has 0 aromatic rings. The van der Waals surface area contributed by atoms with E-state index in [1.54, 1.807) is 0 Å². The van der Waals surface area contributed by atoms with Crippen LogP contribution in [0.3, 0.4) is 0 Å². The molecule has 0 atom stereocenters. The molecule has 0 unspecified atom stereocenters. The SMILES string of the molecule is OC(O)CCCCCC[CH2][SnH2][Cl]. The molecule has 0 saturated heterocycles. The van der Waals surface area contributed by atoms with Gasteiger partial charge in [-0.05, 0) is 0 Å². The Morgan fingerprint density at radius 3 is 2.17 bits per heavy atom. The molecule has 0 heterocycles. The maximum absolute atomic E-state index is 8.54. The van der Waals surface area contributed by atoms with Gasteiger partial charge in [-0.3, -0.25) is 0 Å². The second-order valence-corrected chi connectivity index (χ2v) is 8.71. The van der Waals surface area contributed by atoms with Gasteiger partial charge in [-0.15, -0.1) is 0 Å². The van der Waals surface area contributed by atoms with Crippen LogP contribution in [0.5, 0.6) is 0 Å². The zero-order chi connectivity index (χ0) is 9.23. The first-order valence-corrected chi connectivity index (χ1v) is 12.7. The van der Waals surface area contributed by atoms with Crippen molar-refractivity contribution < 1.29 is 10.2 Å². The van der Waals surface area contributed by atoms with E-state index in [1.165, 1.54) is 23.7 Å². The predicted octanol–water partition coefficient (Wildman–Crippen LogP) is 1.38. The summed E-state index contributed by atoms with van der Waals surface area (Å²) in [5.41, 5.74) is 0. The van der Waals surface area contributed by atoms with Crippen LogP contribution in [0.15, 0.2) is 0 Å². The molecule has 0 aromatic carbocycles. The van der Waals surface area contributed by atoms with Crippen LogP contribution in [0.25, 0.3) is 0 Å². The van der Waals surface area contributed by atoms with Gasteiger partial charge in [0.05, 0.1) is 0 Å². The van der Waals surface area contributed by atoms with Crippen LogP contribution in [-0.4, -0.2) is 36.5 Å². The van der Waals surface area contributed by atoms with Crippen LogP contribution < -0.4 is 0 Å². The van der Waals surface area contributed by atoms with E-state index in [1.807, 2.05) is 0 Å². The van der Waals surface area contributed by atoms with Gasteiger partial charge >= 0.3 is 88.4 Å². The summed E-state index contributed by atoms with van der Waals surface area (Å²) < 4.78 is 1.31. The summed E-state index contributed by atoms with van der Waals surface area (Å²) in [5, 5.41) is 17.1. The van der Waals surface area contributed by atoms with Crippen LogP contribution >= 0.6 is 8.92 Å². The number of unbranched alkanes of at least 4 members (excludes halogenated alkanes) is 4. The summed E-state index contributed by atoms with van der Waals surface area (Å²) in [7, 11) is 5.73. The van der Waals surface area contributed by atoms with Crippen molar-refractivity contribution in [2.75, 3.05) is 0 Å². The molecular weight excluding hydrogens is 282 g/mol. The summed E-state index contributed by atoms with van der Waals surface area (Å²) in [5.74, 6) is 0. The average Bonchev–Trinajstić information content (AvgIpc) is 2.02. The Morgan fingerprint density at radius 2 is 1.58 bits per heavy atom. The molecule has 2 N–H and O–H groups in total. The fourth-order valence-electron chi connectivity index (χ4n) is 1.13. The Hall–Kier alpha value is 1.01. The van der Waals surface area contributed by atoms with E-state index in [9.17, 15) is 0 Å².